The fraction of sp³-hybridized carbons (Fsp3) is 0.261. The Morgan fingerprint density at radius 3 is 2.77 bits per heavy atom. The van der Waals surface area contributed by atoms with Crippen LogP contribution in [0.1, 0.15) is 18.4 Å². The summed E-state index contributed by atoms with van der Waals surface area (Å²) in [4.78, 5) is 42.8. The Labute approximate surface area is 177 Å². The third kappa shape index (κ3) is 4.37. The van der Waals surface area contributed by atoms with Gasteiger partial charge >= 0.3 is 5.69 Å². The minimum Gasteiger partial charge on any atom is -0.497 e. The van der Waals surface area contributed by atoms with Gasteiger partial charge in [-0.1, -0.05) is 12.1 Å². The van der Waals surface area contributed by atoms with E-state index in [1.807, 2.05) is 24.4 Å². The smallest absolute Gasteiger partial charge is 0.328 e. The summed E-state index contributed by atoms with van der Waals surface area (Å²) in [5.41, 5.74) is 1.84. The van der Waals surface area contributed by atoms with E-state index in [4.69, 9.17) is 4.74 Å². The molecular formula is C23H24N4O4. The van der Waals surface area contributed by atoms with Crippen LogP contribution in [0.3, 0.4) is 0 Å². The number of benzene rings is 2. The summed E-state index contributed by atoms with van der Waals surface area (Å²) in [6.45, 7) is 0.689. The molecular weight excluding hydrogens is 396 g/mol. The number of hydrogen-bond acceptors (Lipinski definition) is 4. The number of H-pyrrole nitrogens is 2. The summed E-state index contributed by atoms with van der Waals surface area (Å²) in [5, 5.41) is 4.43. The lowest BCUT2D eigenvalue weighted by Gasteiger charge is -2.07. The van der Waals surface area contributed by atoms with Crippen LogP contribution in [0.5, 0.6) is 5.75 Å². The first-order chi connectivity index (χ1) is 15.1. The number of carbonyl (C=O) groups excluding carboxylic acids is 1. The van der Waals surface area contributed by atoms with Crippen LogP contribution in [0.2, 0.25) is 0 Å². The number of aromatic nitrogens is 3. The van der Waals surface area contributed by atoms with E-state index >= 15 is 0 Å². The maximum Gasteiger partial charge on any atom is 0.328 e. The fourth-order valence-corrected chi connectivity index (χ4v) is 3.72. The SMILES string of the molecule is COc1ccc2[nH]cc(CCNC(=O)CCCn3c(=O)[nH]c4ccccc4c3=O)c2c1. The molecule has 0 aliphatic carbocycles. The zero-order valence-electron chi connectivity index (χ0n) is 17.2. The van der Waals surface area contributed by atoms with Crippen molar-refractivity contribution in [1.82, 2.24) is 19.9 Å². The molecule has 3 N–H and O–H groups in total. The zero-order chi connectivity index (χ0) is 21.8. The third-order valence-electron chi connectivity index (χ3n) is 5.37. The summed E-state index contributed by atoms with van der Waals surface area (Å²) in [6.07, 6.45) is 3.26. The number of amides is 1. The first-order valence-electron chi connectivity index (χ1n) is 10.2. The number of carbonyl (C=O) groups is 1. The number of hydrogen-bond donors (Lipinski definition) is 3. The van der Waals surface area contributed by atoms with Crippen molar-refractivity contribution in [1.29, 1.82) is 0 Å². The number of nitrogens with one attached hydrogen (secondary N) is 3. The number of aromatic amines is 2. The molecule has 0 bridgehead atoms. The number of fused-ring (bicyclic) bond motifs is 2. The normalized spacial score (nSPS) is 11.1. The van der Waals surface area contributed by atoms with Crippen molar-refractivity contribution in [2.45, 2.75) is 25.8 Å². The highest BCUT2D eigenvalue weighted by Crippen LogP contribution is 2.23. The fourth-order valence-electron chi connectivity index (χ4n) is 3.72. The molecule has 2 aromatic carbocycles. The average molecular weight is 420 g/mol. The summed E-state index contributed by atoms with van der Waals surface area (Å²) < 4.78 is 6.43. The van der Waals surface area contributed by atoms with Gasteiger partial charge in [0, 0.05) is 36.6 Å². The Kier molecular flexibility index (Phi) is 5.88. The predicted molar refractivity (Wildman–Crippen MR) is 120 cm³/mol. The monoisotopic (exact) mass is 420 g/mol. The van der Waals surface area contributed by atoms with E-state index in [9.17, 15) is 14.4 Å². The molecule has 4 rings (SSSR count). The van der Waals surface area contributed by atoms with Gasteiger partial charge in [0.25, 0.3) is 5.56 Å². The summed E-state index contributed by atoms with van der Waals surface area (Å²) in [5.74, 6) is 0.680. The molecule has 2 aromatic heterocycles. The zero-order valence-corrected chi connectivity index (χ0v) is 17.2. The van der Waals surface area contributed by atoms with E-state index in [1.54, 1.807) is 31.4 Å². The Hall–Kier alpha value is -3.81. The molecule has 8 heteroatoms. The second-order valence-corrected chi connectivity index (χ2v) is 7.36. The Balaban J connectivity index is 1.30. The lowest BCUT2D eigenvalue weighted by molar-refractivity contribution is -0.121. The topological polar surface area (TPSA) is 109 Å². The molecule has 31 heavy (non-hydrogen) atoms. The summed E-state index contributed by atoms with van der Waals surface area (Å²) >= 11 is 0. The number of para-hydroxylation sites is 1. The van der Waals surface area contributed by atoms with Crippen LogP contribution in [0.25, 0.3) is 21.8 Å². The molecule has 0 aliphatic rings. The number of methoxy groups -OCH3 is 1. The minimum atomic E-state index is -0.459. The second kappa shape index (κ2) is 8.91. The molecule has 0 fully saturated rings. The van der Waals surface area contributed by atoms with Crippen LogP contribution < -0.4 is 21.3 Å². The van der Waals surface area contributed by atoms with Crippen molar-refractivity contribution in [3.05, 3.63) is 75.1 Å². The minimum absolute atomic E-state index is 0.109. The molecule has 0 spiro atoms. The van der Waals surface area contributed by atoms with Crippen LogP contribution >= 0.6 is 0 Å². The van der Waals surface area contributed by atoms with Crippen LogP contribution in [-0.4, -0.2) is 34.1 Å². The van der Waals surface area contributed by atoms with Gasteiger partial charge in [0.15, 0.2) is 0 Å². The van der Waals surface area contributed by atoms with Crippen molar-refractivity contribution in [2.24, 2.45) is 0 Å². The van der Waals surface area contributed by atoms with Crippen molar-refractivity contribution in [3.63, 3.8) is 0 Å². The largest absolute Gasteiger partial charge is 0.497 e. The standard InChI is InChI=1S/C23H24N4O4/c1-31-16-8-9-19-18(13-16)15(14-25-19)10-11-24-21(28)7-4-12-27-22(29)17-5-2-3-6-20(17)26-23(27)30/h2-3,5-6,8-9,13-14,25H,4,7,10-12H2,1H3,(H,24,28)(H,26,30). The van der Waals surface area contributed by atoms with Crippen LogP contribution in [-0.2, 0) is 17.8 Å². The van der Waals surface area contributed by atoms with Gasteiger partial charge in [-0.25, -0.2) is 4.79 Å². The first-order valence-corrected chi connectivity index (χ1v) is 10.2. The van der Waals surface area contributed by atoms with E-state index in [0.717, 1.165) is 26.8 Å². The van der Waals surface area contributed by atoms with Gasteiger partial charge in [-0.05, 0) is 48.7 Å². The molecule has 4 aromatic rings. The van der Waals surface area contributed by atoms with Crippen LogP contribution in [0.15, 0.2) is 58.3 Å². The lowest BCUT2D eigenvalue weighted by Crippen LogP contribution is -2.35. The number of ether oxygens (including phenoxy) is 1. The molecule has 0 saturated heterocycles. The van der Waals surface area contributed by atoms with E-state index in [2.05, 4.69) is 15.3 Å². The van der Waals surface area contributed by atoms with Crippen LogP contribution in [0, 0.1) is 0 Å². The van der Waals surface area contributed by atoms with Gasteiger partial charge in [0.1, 0.15) is 5.75 Å². The van der Waals surface area contributed by atoms with E-state index < -0.39 is 5.69 Å². The molecule has 0 saturated carbocycles. The highest BCUT2D eigenvalue weighted by molar-refractivity contribution is 5.84. The van der Waals surface area contributed by atoms with E-state index in [-0.39, 0.29) is 24.4 Å². The van der Waals surface area contributed by atoms with Gasteiger partial charge in [0.05, 0.1) is 18.0 Å². The van der Waals surface area contributed by atoms with Gasteiger partial charge in [-0.15, -0.1) is 0 Å². The quantitative estimate of drug-likeness (QED) is 0.406. The second-order valence-electron chi connectivity index (χ2n) is 7.36. The lowest BCUT2D eigenvalue weighted by atomic mass is 10.1. The molecule has 0 atom stereocenters. The van der Waals surface area contributed by atoms with Crippen molar-refractivity contribution in [2.75, 3.05) is 13.7 Å². The van der Waals surface area contributed by atoms with E-state index in [1.165, 1.54) is 0 Å². The predicted octanol–water partition coefficient (Wildman–Crippen LogP) is 2.32. The van der Waals surface area contributed by atoms with Crippen molar-refractivity contribution < 1.29 is 9.53 Å². The van der Waals surface area contributed by atoms with Gasteiger partial charge in [0.2, 0.25) is 5.91 Å². The first kappa shape index (κ1) is 20.5. The Morgan fingerprint density at radius 1 is 1.10 bits per heavy atom. The molecule has 2 heterocycles. The number of nitrogens with zero attached hydrogens (tertiary/aromatic N) is 1. The average Bonchev–Trinajstić information content (AvgIpc) is 3.18. The molecule has 1 amide bonds. The Bertz CT molecular complexity index is 1350. The Morgan fingerprint density at radius 2 is 1.94 bits per heavy atom. The third-order valence-corrected chi connectivity index (χ3v) is 5.37. The highest BCUT2D eigenvalue weighted by Gasteiger charge is 2.09. The molecule has 160 valence electrons. The molecule has 0 aliphatic heterocycles. The van der Waals surface area contributed by atoms with Gasteiger partial charge in [-0.3, -0.25) is 14.2 Å². The van der Waals surface area contributed by atoms with Gasteiger partial charge in [-0.2, -0.15) is 0 Å². The van der Waals surface area contributed by atoms with Gasteiger partial charge < -0.3 is 20.0 Å². The maximum absolute atomic E-state index is 12.5. The maximum atomic E-state index is 12.5. The number of rotatable bonds is 8. The molecule has 0 unspecified atom stereocenters. The van der Waals surface area contributed by atoms with Crippen molar-refractivity contribution in [3.8, 4) is 5.75 Å². The van der Waals surface area contributed by atoms with Crippen LogP contribution in [0.4, 0.5) is 0 Å². The summed E-state index contributed by atoms with van der Waals surface area (Å²) in [7, 11) is 1.63. The summed E-state index contributed by atoms with van der Waals surface area (Å²) in [6, 6.07) is 12.7. The molecule has 0 radical (unpaired) electrons. The van der Waals surface area contributed by atoms with Crippen molar-refractivity contribution >= 4 is 27.7 Å². The molecule has 8 nitrogen and oxygen atoms in total. The van der Waals surface area contributed by atoms with E-state index in [0.29, 0.717) is 30.3 Å². The highest BCUT2D eigenvalue weighted by atomic mass is 16.5.